The lowest BCUT2D eigenvalue weighted by molar-refractivity contribution is -0.0484. The minimum Gasteiger partial charge on any atom is -0.496 e. The molecular weight excluding hydrogens is 236 g/mol. The summed E-state index contributed by atoms with van der Waals surface area (Å²) in [4.78, 5) is 0. The molecule has 0 aliphatic heterocycles. The fraction of sp³-hybridized carbons (Fsp3) is 0.571. The maximum Gasteiger partial charge on any atom is 0.248 e. The van der Waals surface area contributed by atoms with Gasteiger partial charge in [0.1, 0.15) is 5.75 Å². The van der Waals surface area contributed by atoms with Gasteiger partial charge in [-0.15, -0.1) is 0 Å². The molecule has 1 aliphatic carbocycles. The Labute approximate surface area is 106 Å². The largest absolute Gasteiger partial charge is 0.496 e. The predicted octanol–water partition coefficient (Wildman–Crippen LogP) is 3.52. The van der Waals surface area contributed by atoms with Crippen LogP contribution in [0, 0.1) is 5.92 Å². The first-order chi connectivity index (χ1) is 8.53. The summed E-state index contributed by atoms with van der Waals surface area (Å²) in [5.74, 6) is -1.65. The van der Waals surface area contributed by atoms with Gasteiger partial charge in [-0.1, -0.05) is 18.2 Å². The summed E-state index contributed by atoms with van der Waals surface area (Å²) in [5, 5.41) is 0. The lowest BCUT2D eigenvalue weighted by atomic mass is 9.80. The molecule has 100 valence electrons. The molecule has 1 fully saturated rings. The van der Waals surface area contributed by atoms with E-state index in [1.165, 1.54) is 0 Å². The summed E-state index contributed by atoms with van der Waals surface area (Å²) in [6, 6.07) is 7.32. The number of benzene rings is 1. The van der Waals surface area contributed by atoms with Gasteiger partial charge in [0.15, 0.2) is 0 Å². The number of alkyl halides is 2. The quantitative estimate of drug-likeness (QED) is 0.896. The predicted molar refractivity (Wildman–Crippen MR) is 66.8 cm³/mol. The number of rotatable bonds is 3. The van der Waals surface area contributed by atoms with E-state index in [-0.39, 0.29) is 24.8 Å². The SMILES string of the molecule is COc1ccccc1C(N)C1CCC(F)(F)CC1. The Bertz CT molecular complexity index is 399. The molecule has 0 bridgehead atoms. The molecule has 1 saturated carbocycles. The second kappa shape index (κ2) is 5.22. The van der Waals surface area contributed by atoms with Gasteiger partial charge in [-0.2, -0.15) is 0 Å². The highest BCUT2D eigenvalue weighted by Crippen LogP contribution is 2.41. The first kappa shape index (κ1) is 13.3. The molecule has 0 saturated heterocycles. The van der Waals surface area contributed by atoms with Crippen LogP contribution in [0.3, 0.4) is 0 Å². The van der Waals surface area contributed by atoms with Crippen LogP contribution in [0.4, 0.5) is 8.78 Å². The van der Waals surface area contributed by atoms with Gasteiger partial charge in [0.2, 0.25) is 5.92 Å². The van der Waals surface area contributed by atoms with Gasteiger partial charge in [-0.05, 0) is 24.8 Å². The molecule has 0 radical (unpaired) electrons. The van der Waals surface area contributed by atoms with E-state index in [9.17, 15) is 8.78 Å². The van der Waals surface area contributed by atoms with E-state index < -0.39 is 5.92 Å². The van der Waals surface area contributed by atoms with Crippen molar-refractivity contribution in [1.82, 2.24) is 0 Å². The molecule has 1 aromatic rings. The minimum atomic E-state index is -2.50. The van der Waals surface area contributed by atoms with Gasteiger partial charge < -0.3 is 10.5 Å². The zero-order chi connectivity index (χ0) is 13.2. The molecule has 1 unspecified atom stereocenters. The van der Waals surface area contributed by atoms with Crippen molar-refractivity contribution in [3.8, 4) is 5.75 Å². The summed E-state index contributed by atoms with van der Waals surface area (Å²) in [5.41, 5.74) is 7.12. The van der Waals surface area contributed by atoms with Crippen LogP contribution < -0.4 is 10.5 Å². The van der Waals surface area contributed by atoms with Gasteiger partial charge in [0.05, 0.1) is 7.11 Å². The van der Waals surface area contributed by atoms with Crippen LogP contribution in [0.5, 0.6) is 5.75 Å². The molecule has 18 heavy (non-hydrogen) atoms. The zero-order valence-corrected chi connectivity index (χ0v) is 10.5. The van der Waals surface area contributed by atoms with Crippen LogP contribution in [0.15, 0.2) is 24.3 Å². The van der Waals surface area contributed by atoms with Crippen LogP contribution in [-0.2, 0) is 0 Å². The van der Waals surface area contributed by atoms with Crippen molar-refractivity contribution in [1.29, 1.82) is 0 Å². The van der Waals surface area contributed by atoms with E-state index in [4.69, 9.17) is 10.5 Å². The third-order valence-electron chi connectivity index (χ3n) is 3.77. The minimum absolute atomic E-state index is 0.0550. The fourth-order valence-electron chi connectivity index (χ4n) is 2.62. The molecule has 1 aliphatic rings. The maximum absolute atomic E-state index is 13.1. The molecule has 4 heteroatoms. The van der Waals surface area contributed by atoms with Crippen molar-refractivity contribution in [3.05, 3.63) is 29.8 Å². The second-order valence-corrected chi connectivity index (χ2v) is 4.96. The normalized spacial score (nSPS) is 21.6. The van der Waals surface area contributed by atoms with Crippen LogP contribution in [0.25, 0.3) is 0 Å². The standard InChI is InChI=1S/C14H19F2NO/c1-18-12-5-3-2-4-11(12)13(17)10-6-8-14(15,16)9-7-10/h2-5,10,13H,6-9,17H2,1H3. The Hall–Kier alpha value is -1.16. The monoisotopic (exact) mass is 255 g/mol. The first-order valence-electron chi connectivity index (χ1n) is 6.30. The van der Waals surface area contributed by atoms with Gasteiger partial charge in [0, 0.05) is 24.4 Å². The number of para-hydroxylation sites is 1. The summed E-state index contributed by atoms with van der Waals surface area (Å²) < 4.78 is 31.5. The zero-order valence-electron chi connectivity index (χ0n) is 10.5. The lowest BCUT2D eigenvalue weighted by Crippen LogP contribution is -2.31. The molecule has 2 N–H and O–H groups in total. The smallest absolute Gasteiger partial charge is 0.248 e. The third kappa shape index (κ3) is 2.80. The third-order valence-corrected chi connectivity index (χ3v) is 3.77. The second-order valence-electron chi connectivity index (χ2n) is 4.96. The number of hydrogen-bond donors (Lipinski definition) is 1. The highest BCUT2D eigenvalue weighted by atomic mass is 19.3. The van der Waals surface area contributed by atoms with Gasteiger partial charge >= 0.3 is 0 Å². The summed E-state index contributed by atoms with van der Waals surface area (Å²) in [7, 11) is 1.60. The molecule has 0 spiro atoms. The average molecular weight is 255 g/mol. The molecule has 1 atom stereocenters. The van der Waals surface area contributed by atoms with Crippen molar-refractivity contribution < 1.29 is 13.5 Å². The highest BCUT2D eigenvalue weighted by molar-refractivity contribution is 5.36. The molecule has 1 aromatic carbocycles. The summed E-state index contributed by atoms with van der Waals surface area (Å²) in [6.07, 6.45) is 0.847. The van der Waals surface area contributed by atoms with Crippen molar-refractivity contribution in [3.63, 3.8) is 0 Å². The average Bonchev–Trinajstić information content (AvgIpc) is 2.38. The fourth-order valence-corrected chi connectivity index (χ4v) is 2.62. The lowest BCUT2D eigenvalue weighted by Gasteiger charge is -2.32. The topological polar surface area (TPSA) is 35.2 Å². The molecule has 0 aromatic heterocycles. The Morgan fingerprint density at radius 3 is 2.50 bits per heavy atom. The Morgan fingerprint density at radius 1 is 1.28 bits per heavy atom. The van der Waals surface area contributed by atoms with Crippen LogP contribution in [0.2, 0.25) is 0 Å². The maximum atomic E-state index is 13.1. The van der Waals surface area contributed by atoms with Crippen LogP contribution in [0.1, 0.15) is 37.3 Å². The number of methoxy groups -OCH3 is 1. The number of halogens is 2. The van der Waals surface area contributed by atoms with E-state index in [0.29, 0.717) is 12.8 Å². The molecule has 2 nitrogen and oxygen atoms in total. The van der Waals surface area contributed by atoms with E-state index in [1.54, 1.807) is 7.11 Å². The highest BCUT2D eigenvalue weighted by Gasteiger charge is 2.37. The Kier molecular flexibility index (Phi) is 3.85. The summed E-state index contributed by atoms with van der Waals surface area (Å²) >= 11 is 0. The van der Waals surface area contributed by atoms with Gasteiger partial charge in [0.25, 0.3) is 0 Å². The van der Waals surface area contributed by atoms with E-state index in [0.717, 1.165) is 11.3 Å². The molecular formula is C14H19F2NO. The van der Waals surface area contributed by atoms with Crippen LogP contribution in [-0.4, -0.2) is 13.0 Å². The van der Waals surface area contributed by atoms with Gasteiger partial charge in [-0.25, -0.2) is 8.78 Å². The van der Waals surface area contributed by atoms with Crippen molar-refractivity contribution >= 4 is 0 Å². The number of nitrogens with two attached hydrogens (primary N) is 1. The Morgan fingerprint density at radius 2 is 1.89 bits per heavy atom. The van der Waals surface area contributed by atoms with Crippen molar-refractivity contribution in [2.24, 2.45) is 11.7 Å². The van der Waals surface area contributed by atoms with E-state index >= 15 is 0 Å². The molecule has 0 heterocycles. The van der Waals surface area contributed by atoms with Crippen molar-refractivity contribution in [2.75, 3.05) is 7.11 Å². The van der Waals surface area contributed by atoms with Gasteiger partial charge in [-0.3, -0.25) is 0 Å². The Balaban J connectivity index is 2.10. The summed E-state index contributed by atoms with van der Waals surface area (Å²) in [6.45, 7) is 0. The first-order valence-corrected chi connectivity index (χ1v) is 6.30. The molecule has 2 rings (SSSR count). The number of hydrogen-bond acceptors (Lipinski definition) is 2. The van der Waals surface area contributed by atoms with E-state index in [2.05, 4.69) is 0 Å². The number of ether oxygens (including phenoxy) is 1. The van der Waals surface area contributed by atoms with Crippen molar-refractivity contribution in [2.45, 2.75) is 37.6 Å². The molecule has 0 amide bonds. The van der Waals surface area contributed by atoms with E-state index in [1.807, 2.05) is 24.3 Å². The van der Waals surface area contributed by atoms with Crippen LogP contribution >= 0.6 is 0 Å².